The minimum absolute atomic E-state index is 0.0847. The average molecular weight is 203 g/mol. The van der Waals surface area contributed by atoms with Gasteiger partial charge >= 0.3 is 0 Å². The van der Waals surface area contributed by atoms with Gasteiger partial charge in [-0.05, 0) is 11.6 Å². The average Bonchev–Trinajstić information content (AvgIpc) is 2.51. The molecule has 1 aromatic carbocycles. The van der Waals surface area contributed by atoms with E-state index in [1.54, 1.807) is 0 Å². The van der Waals surface area contributed by atoms with Crippen LogP contribution >= 0.6 is 0 Å². The van der Waals surface area contributed by atoms with Gasteiger partial charge in [0.15, 0.2) is 0 Å². The summed E-state index contributed by atoms with van der Waals surface area (Å²) in [5.74, 6) is 0.216. The van der Waals surface area contributed by atoms with Gasteiger partial charge in [-0.1, -0.05) is 39.0 Å². The Balaban J connectivity index is 2.47. The van der Waals surface area contributed by atoms with Gasteiger partial charge in [0.25, 0.3) is 0 Å². The van der Waals surface area contributed by atoms with E-state index < -0.39 is 0 Å². The highest BCUT2D eigenvalue weighted by molar-refractivity contribution is 5.96. The Labute approximate surface area is 90.9 Å². The number of carbonyl (C=O) groups excluding carboxylic acids is 1. The van der Waals surface area contributed by atoms with Crippen LogP contribution in [0.1, 0.15) is 32.8 Å². The smallest absolute Gasteiger partial charge is 0.226 e. The molecule has 2 rings (SSSR count). The van der Waals surface area contributed by atoms with Crippen molar-refractivity contribution in [2.45, 2.75) is 32.6 Å². The number of para-hydroxylation sites is 1. The third-order valence-electron chi connectivity index (χ3n) is 3.08. The number of carbonyl (C=O) groups is 1. The largest absolute Gasteiger partial charge is 0.311 e. The van der Waals surface area contributed by atoms with Crippen molar-refractivity contribution in [3.8, 4) is 0 Å². The second kappa shape index (κ2) is 3.37. The fourth-order valence-corrected chi connectivity index (χ4v) is 2.26. The van der Waals surface area contributed by atoms with Crippen LogP contribution in [0.3, 0.4) is 0 Å². The van der Waals surface area contributed by atoms with Gasteiger partial charge in [0, 0.05) is 24.1 Å². The fraction of sp³-hybridized carbons (Fsp3) is 0.462. The normalized spacial score (nSPS) is 17.7. The van der Waals surface area contributed by atoms with Crippen LogP contribution in [0.2, 0.25) is 0 Å². The molecule has 0 aliphatic carbocycles. The first-order valence-corrected chi connectivity index (χ1v) is 5.46. The van der Waals surface area contributed by atoms with Crippen LogP contribution in [0.25, 0.3) is 0 Å². The van der Waals surface area contributed by atoms with Crippen LogP contribution < -0.4 is 4.90 Å². The molecule has 1 amide bonds. The molecule has 2 heteroatoms. The number of nitrogens with zero attached hydrogens (tertiary/aromatic N) is 1. The lowest BCUT2D eigenvalue weighted by Crippen LogP contribution is -2.33. The summed E-state index contributed by atoms with van der Waals surface area (Å²) < 4.78 is 0. The quantitative estimate of drug-likeness (QED) is 0.687. The highest BCUT2D eigenvalue weighted by Crippen LogP contribution is 2.40. The maximum absolute atomic E-state index is 11.8. The number of hydrogen-bond acceptors (Lipinski definition) is 1. The molecule has 0 bridgehead atoms. The van der Waals surface area contributed by atoms with Crippen molar-refractivity contribution in [3.63, 3.8) is 0 Å². The first-order valence-electron chi connectivity index (χ1n) is 5.46. The Hall–Kier alpha value is -1.31. The fourth-order valence-electron chi connectivity index (χ4n) is 2.26. The molecule has 80 valence electrons. The van der Waals surface area contributed by atoms with E-state index in [-0.39, 0.29) is 11.3 Å². The Morgan fingerprint density at radius 2 is 2.07 bits per heavy atom. The predicted octanol–water partition coefficient (Wildman–Crippen LogP) is 2.72. The molecule has 0 unspecified atom stereocenters. The zero-order chi connectivity index (χ0) is 11.1. The highest BCUT2D eigenvalue weighted by Gasteiger charge is 2.36. The van der Waals surface area contributed by atoms with Crippen molar-refractivity contribution in [1.29, 1.82) is 0 Å². The third-order valence-corrected chi connectivity index (χ3v) is 3.08. The van der Waals surface area contributed by atoms with Gasteiger partial charge in [0.2, 0.25) is 5.91 Å². The molecule has 2 nitrogen and oxygen atoms in total. The van der Waals surface area contributed by atoms with Gasteiger partial charge in [-0.15, -0.1) is 0 Å². The summed E-state index contributed by atoms with van der Waals surface area (Å²) in [6, 6.07) is 8.20. The molecule has 0 fully saturated rings. The summed E-state index contributed by atoms with van der Waals surface area (Å²) in [4.78, 5) is 13.7. The van der Waals surface area contributed by atoms with E-state index in [9.17, 15) is 4.79 Å². The van der Waals surface area contributed by atoms with Crippen molar-refractivity contribution < 1.29 is 4.79 Å². The molecule has 0 aromatic heterocycles. The Kier molecular flexibility index (Phi) is 2.29. The van der Waals surface area contributed by atoms with E-state index in [0.717, 1.165) is 12.2 Å². The van der Waals surface area contributed by atoms with Crippen LogP contribution in [-0.2, 0) is 10.2 Å². The molecule has 0 radical (unpaired) electrons. The number of fused-ring (bicyclic) bond motifs is 1. The maximum atomic E-state index is 11.8. The molecule has 1 aliphatic rings. The van der Waals surface area contributed by atoms with Crippen molar-refractivity contribution in [2.75, 3.05) is 11.4 Å². The van der Waals surface area contributed by atoms with E-state index in [4.69, 9.17) is 0 Å². The number of amides is 1. The van der Waals surface area contributed by atoms with Crippen molar-refractivity contribution in [1.82, 2.24) is 0 Å². The molecular formula is C13H17NO. The summed E-state index contributed by atoms with van der Waals surface area (Å²) in [6.45, 7) is 7.10. The van der Waals surface area contributed by atoms with Gasteiger partial charge in [0.05, 0.1) is 0 Å². The predicted molar refractivity (Wildman–Crippen MR) is 62.1 cm³/mol. The van der Waals surface area contributed by atoms with Crippen LogP contribution in [0, 0.1) is 0 Å². The molecule has 0 N–H and O–H groups in total. The van der Waals surface area contributed by atoms with Gasteiger partial charge < -0.3 is 4.90 Å². The standard InChI is InChI=1S/C13H17NO/c1-4-12(15)14-9-13(2,3)10-7-5-6-8-11(10)14/h5-8H,4,9H2,1-3H3. The van der Waals surface area contributed by atoms with Gasteiger partial charge in [0.1, 0.15) is 0 Å². The van der Waals surface area contributed by atoms with Crippen molar-refractivity contribution in [2.24, 2.45) is 0 Å². The number of anilines is 1. The van der Waals surface area contributed by atoms with Crippen LogP contribution in [0.4, 0.5) is 5.69 Å². The second-order valence-corrected chi connectivity index (χ2v) is 4.73. The molecule has 0 atom stereocenters. The van der Waals surface area contributed by atoms with E-state index in [1.807, 2.05) is 30.0 Å². The summed E-state index contributed by atoms with van der Waals surface area (Å²) in [5, 5.41) is 0. The van der Waals surface area contributed by atoms with Gasteiger partial charge in [-0.3, -0.25) is 4.79 Å². The third kappa shape index (κ3) is 1.54. The Morgan fingerprint density at radius 3 is 2.73 bits per heavy atom. The van der Waals surface area contributed by atoms with E-state index in [0.29, 0.717) is 6.42 Å². The SMILES string of the molecule is CCC(=O)N1CC(C)(C)c2ccccc21. The molecule has 15 heavy (non-hydrogen) atoms. The lowest BCUT2D eigenvalue weighted by Gasteiger charge is -2.20. The first-order chi connectivity index (χ1) is 7.06. The highest BCUT2D eigenvalue weighted by atomic mass is 16.2. The zero-order valence-corrected chi connectivity index (χ0v) is 9.58. The molecule has 1 aromatic rings. The minimum Gasteiger partial charge on any atom is -0.311 e. The summed E-state index contributed by atoms with van der Waals surface area (Å²) in [5.41, 5.74) is 2.46. The van der Waals surface area contributed by atoms with E-state index in [1.165, 1.54) is 5.56 Å². The summed E-state index contributed by atoms with van der Waals surface area (Å²) in [7, 11) is 0. The Bertz CT molecular complexity index is 395. The summed E-state index contributed by atoms with van der Waals surface area (Å²) in [6.07, 6.45) is 0.574. The number of hydrogen-bond donors (Lipinski definition) is 0. The monoisotopic (exact) mass is 203 g/mol. The molecule has 0 spiro atoms. The lowest BCUT2D eigenvalue weighted by atomic mass is 9.87. The topological polar surface area (TPSA) is 20.3 Å². The first kappa shape index (κ1) is 10.2. The van der Waals surface area contributed by atoms with E-state index in [2.05, 4.69) is 19.9 Å². The molecule has 1 aliphatic heterocycles. The summed E-state index contributed by atoms with van der Waals surface area (Å²) >= 11 is 0. The second-order valence-electron chi connectivity index (χ2n) is 4.73. The number of benzene rings is 1. The maximum Gasteiger partial charge on any atom is 0.226 e. The van der Waals surface area contributed by atoms with E-state index >= 15 is 0 Å². The molecule has 0 saturated carbocycles. The minimum atomic E-state index is 0.0847. The van der Waals surface area contributed by atoms with Crippen LogP contribution in [-0.4, -0.2) is 12.5 Å². The van der Waals surface area contributed by atoms with Gasteiger partial charge in [-0.25, -0.2) is 0 Å². The number of rotatable bonds is 1. The molecule has 1 heterocycles. The molecular weight excluding hydrogens is 186 g/mol. The zero-order valence-electron chi connectivity index (χ0n) is 9.58. The van der Waals surface area contributed by atoms with Crippen LogP contribution in [0.5, 0.6) is 0 Å². The lowest BCUT2D eigenvalue weighted by molar-refractivity contribution is -0.118. The van der Waals surface area contributed by atoms with Gasteiger partial charge in [-0.2, -0.15) is 0 Å². The molecule has 0 saturated heterocycles. The Morgan fingerprint density at radius 1 is 1.40 bits per heavy atom. The van der Waals surface area contributed by atoms with Crippen LogP contribution in [0.15, 0.2) is 24.3 Å². The van der Waals surface area contributed by atoms with Crippen molar-refractivity contribution in [3.05, 3.63) is 29.8 Å². The van der Waals surface area contributed by atoms with Crippen molar-refractivity contribution >= 4 is 11.6 Å².